The van der Waals surface area contributed by atoms with E-state index in [1.165, 1.54) is 0 Å². The van der Waals surface area contributed by atoms with Crippen molar-refractivity contribution in [2.45, 2.75) is 95.0 Å². The molecular formula is C42H63N7O8. The lowest BCUT2D eigenvalue weighted by Crippen LogP contribution is -2.72. The molecule has 2 aromatic rings. The number of carbonyl (C=O) groups is 5. The van der Waals surface area contributed by atoms with E-state index in [2.05, 4.69) is 21.3 Å². The van der Waals surface area contributed by atoms with E-state index in [1.807, 2.05) is 79.4 Å². The van der Waals surface area contributed by atoms with Crippen LogP contribution in [0.3, 0.4) is 0 Å². The third-order valence-corrected chi connectivity index (χ3v) is 10.3. The molecular weight excluding hydrogens is 731 g/mol. The molecule has 2 aliphatic heterocycles. The zero-order valence-corrected chi connectivity index (χ0v) is 33.7. The number of unbranched alkanes of at least 4 members (excludes halogenated alkanes) is 1. The molecule has 6 atom stereocenters. The van der Waals surface area contributed by atoms with Crippen molar-refractivity contribution in [1.29, 1.82) is 0 Å². The van der Waals surface area contributed by atoms with Gasteiger partial charge in [-0.05, 0) is 62.1 Å². The third kappa shape index (κ3) is 15.1. The van der Waals surface area contributed by atoms with Crippen molar-refractivity contribution in [1.82, 2.24) is 31.1 Å². The van der Waals surface area contributed by atoms with Gasteiger partial charge in [-0.3, -0.25) is 28.9 Å². The summed E-state index contributed by atoms with van der Waals surface area (Å²) in [5, 5.41) is 21.4. The van der Waals surface area contributed by atoms with Crippen LogP contribution in [-0.2, 0) is 46.3 Å². The molecule has 7 N–H and O–H groups in total. The monoisotopic (exact) mass is 793 g/mol. The van der Waals surface area contributed by atoms with Crippen LogP contribution in [0.25, 0.3) is 0 Å². The fourth-order valence-corrected chi connectivity index (χ4v) is 7.47. The average Bonchev–Trinajstić information content (AvgIpc) is 3.17. The van der Waals surface area contributed by atoms with Crippen LogP contribution in [0.15, 0.2) is 60.7 Å². The molecule has 57 heavy (non-hydrogen) atoms. The number of fused-ring (bicyclic) bond motifs is 2. The molecule has 2 bridgehead atoms. The van der Waals surface area contributed by atoms with E-state index >= 15 is 0 Å². The number of likely N-dealkylation sites (tertiary alicyclic amines) is 2. The first-order chi connectivity index (χ1) is 27.4. The van der Waals surface area contributed by atoms with Crippen LogP contribution >= 0.6 is 0 Å². The molecule has 0 saturated carbocycles. The summed E-state index contributed by atoms with van der Waals surface area (Å²) >= 11 is 0. The maximum Gasteiger partial charge on any atom is 0.317 e. The Morgan fingerprint density at radius 1 is 0.772 bits per heavy atom. The molecule has 0 radical (unpaired) electrons. The van der Waals surface area contributed by atoms with Crippen LogP contribution in [0.4, 0.5) is 0 Å². The predicted molar refractivity (Wildman–Crippen MR) is 216 cm³/mol. The number of rotatable bonds is 26. The van der Waals surface area contributed by atoms with E-state index in [0.29, 0.717) is 65.3 Å². The number of carboxylic acid groups (broad SMARTS) is 1. The molecule has 2 aromatic carbocycles. The molecule has 15 heteroatoms. The molecule has 314 valence electrons. The van der Waals surface area contributed by atoms with E-state index in [0.717, 1.165) is 24.0 Å². The fourth-order valence-electron chi connectivity index (χ4n) is 7.47. The predicted octanol–water partition coefficient (Wildman–Crippen LogP) is 1.09. The summed E-state index contributed by atoms with van der Waals surface area (Å²) in [7, 11) is 1.63. The van der Waals surface area contributed by atoms with E-state index in [4.69, 9.17) is 15.2 Å². The van der Waals surface area contributed by atoms with Crippen LogP contribution in [-0.4, -0.2) is 140 Å². The number of hydrogen-bond acceptors (Lipinski definition) is 10. The topological polar surface area (TPSA) is 205 Å². The van der Waals surface area contributed by atoms with Crippen molar-refractivity contribution in [2.24, 2.45) is 11.7 Å². The summed E-state index contributed by atoms with van der Waals surface area (Å²) < 4.78 is 10.5. The van der Waals surface area contributed by atoms with Gasteiger partial charge < -0.3 is 46.5 Å². The SMILES string of the molecule is COCCOCCNCCCCC(NC(=O)C(CC(C)C)NC(=O)C(Cc1ccccc1)NC(=O)C(N)Cc1ccccc1)C(=O)N1C2CC1CN(CC(=O)O)C2. The number of carbonyl (C=O) groups excluding carboxylic acids is 4. The Morgan fingerprint density at radius 2 is 1.37 bits per heavy atom. The Hall–Kier alpha value is -4.41. The summed E-state index contributed by atoms with van der Waals surface area (Å²) in [5.74, 6) is -2.60. The number of piperazine rings is 1. The zero-order chi connectivity index (χ0) is 41.2. The Balaban J connectivity index is 1.44. The minimum atomic E-state index is -1.02. The minimum absolute atomic E-state index is 0.0103. The quantitative estimate of drug-likeness (QED) is 0.0745. The van der Waals surface area contributed by atoms with Gasteiger partial charge >= 0.3 is 5.97 Å². The van der Waals surface area contributed by atoms with Crippen molar-refractivity contribution >= 4 is 29.6 Å². The van der Waals surface area contributed by atoms with Gasteiger partial charge in [0, 0.05) is 45.2 Å². The van der Waals surface area contributed by atoms with Gasteiger partial charge in [-0.25, -0.2) is 0 Å². The Morgan fingerprint density at radius 3 is 1.98 bits per heavy atom. The van der Waals surface area contributed by atoms with Gasteiger partial charge in [0.2, 0.25) is 23.6 Å². The number of amides is 4. The summed E-state index contributed by atoms with van der Waals surface area (Å²) in [6.07, 6.45) is 3.35. The highest BCUT2D eigenvalue weighted by molar-refractivity contribution is 5.95. The first-order valence-electron chi connectivity index (χ1n) is 20.2. The van der Waals surface area contributed by atoms with Crippen LogP contribution in [0.2, 0.25) is 0 Å². The maximum absolute atomic E-state index is 14.2. The largest absolute Gasteiger partial charge is 0.480 e. The van der Waals surface area contributed by atoms with Crippen LogP contribution in [0, 0.1) is 5.92 Å². The van der Waals surface area contributed by atoms with E-state index in [1.54, 1.807) is 12.0 Å². The number of piperidine rings is 1. The first kappa shape index (κ1) is 45.3. The summed E-state index contributed by atoms with van der Waals surface area (Å²) in [4.78, 5) is 70.8. The first-order valence-corrected chi connectivity index (χ1v) is 20.2. The molecule has 2 fully saturated rings. The normalized spacial score (nSPS) is 18.5. The molecule has 2 saturated heterocycles. The van der Waals surface area contributed by atoms with Crippen LogP contribution < -0.4 is 27.0 Å². The lowest BCUT2D eigenvalue weighted by molar-refractivity contribution is -0.159. The van der Waals surface area contributed by atoms with Gasteiger partial charge in [0.25, 0.3) is 0 Å². The molecule has 0 aliphatic carbocycles. The number of nitrogens with one attached hydrogen (secondary N) is 4. The van der Waals surface area contributed by atoms with Gasteiger partial charge in [-0.2, -0.15) is 0 Å². The number of carboxylic acids is 1. The second kappa shape index (κ2) is 23.7. The second-order valence-electron chi connectivity index (χ2n) is 15.5. The zero-order valence-electron chi connectivity index (χ0n) is 33.7. The van der Waals surface area contributed by atoms with E-state index < -0.39 is 47.9 Å². The lowest BCUT2D eigenvalue weighted by atomic mass is 9.86. The molecule has 4 amide bonds. The number of aliphatic carboxylic acids is 1. The molecule has 6 unspecified atom stereocenters. The summed E-state index contributed by atoms with van der Waals surface area (Å²) in [6.45, 7) is 7.72. The molecule has 4 rings (SSSR count). The molecule has 2 heterocycles. The summed E-state index contributed by atoms with van der Waals surface area (Å²) in [6, 6.07) is 14.7. The molecule has 2 aliphatic rings. The number of methoxy groups -OCH3 is 1. The van der Waals surface area contributed by atoms with Crippen LogP contribution in [0.1, 0.15) is 57.1 Å². The third-order valence-electron chi connectivity index (χ3n) is 10.3. The lowest BCUT2D eigenvalue weighted by Gasteiger charge is -2.56. The maximum atomic E-state index is 14.2. The second-order valence-corrected chi connectivity index (χ2v) is 15.5. The van der Waals surface area contributed by atoms with Gasteiger partial charge in [0.1, 0.15) is 18.1 Å². The smallest absolute Gasteiger partial charge is 0.317 e. The average molecular weight is 794 g/mol. The van der Waals surface area contributed by atoms with Crippen molar-refractivity contribution in [3.8, 4) is 0 Å². The number of hydrogen-bond donors (Lipinski definition) is 6. The molecule has 15 nitrogen and oxygen atoms in total. The van der Waals surface area contributed by atoms with Crippen LogP contribution in [0.5, 0.6) is 0 Å². The standard InChI is InChI=1S/C42H63N7O8/c1-29(2)22-36(47-41(54)37(24-31-14-8-5-9-15-31)46-39(52)34(43)23-30-12-6-4-7-13-30)40(53)45-35(16-10-11-17-44-18-19-57-21-20-56-3)42(55)49-32-25-33(49)27-48(26-32)28-38(50)51/h4-9,12-15,29,32-37,44H,10-11,16-28,43H2,1-3H3,(H,45,53)(H,46,52)(H,47,54)(H,50,51). The van der Waals surface area contributed by atoms with E-state index in [9.17, 15) is 29.1 Å². The van der Waals surface area contributed by atoms with Crippen molar-refractivity contribution in [2.75, 3.05) is 59.7 Å². The fraction of sp³-hybridized carbons (Fsp3) is 0.595. The molecule has 0 spiro atoms. The van der Waals surface area contributed by atoms with Gasteiger partial charge in [-0.15, -0.1) is 0 Å². The van der Waals surface area contributed by atoms with Gasteiger partial charge in [-0.1, -0.05) is 74.5 Å². The Bertz CT molecular complexity index is 1550. The number of ether oxygens (including phenoxy) is 2. The number of benzene rings is 2. The highest BCUT2D eigenvalue weighted by Gasteiger charge is 2.49. The van der Waals surface area contributed by atoms with Crippen molar-refractivity contribution in [3.05, 3.63) is 71.8 Å². The number of nitrogens with zero attached hydrogens (tertiary/aromatic N) is 2. The van der Waals surface area contributed by atoms with Gasteiger partial charge in [0.05, 0.1) is 32.4 Å². The summed E-state index contributed by atoms with van der Waals surface area (Å²) in [5.41, 5.74) is 8.01. The minimum Gasteiger partial charge on any atom is -0.480 e. The Kier molecular flexibility index (Phi) is 18.9. The highest BCUT2D eigenvalue weighted by atomic mass is 16.5. The van der Waals surface area contributed by atoms with Crippen molar-refractivity contribution in [3.63, 3.8) is 0 Å². The van der Waals surface area contributed by atoms with Crippen molar-refractivity contribution < 1.29 is 38.6 Å². The Labute approximate surface area is 336 Å². The highest BCUT2D eigenvalue weighted by Crippen LogP contribution is 2.33. The number of nitrogens with two attached hydrogens (primary N) is 1. The molecule has 0 aromatic heterocycles. The van der Waals surface area contributed by atoms with Gasteiger partial charge in [0.15, 0.2) is 0 Å². The van der Waals surface area contributed by atoms with E-state index in [-0.39, 0.29) is 43.3 Å².